The molecule has 0 fully saturated rings. The van der Waals surface area contributed by atoms with Crippen molar-refractivity contribution >= 4 is 17.5 Å². The Morgan fingerprint density at radius 1 is 1.21 bits per heavy atom. The van der Waals surface area contributed by atoms with Gasteiger partial charge in [-0.15, -0.1) is 0 Å². The number of fused-ring (bicyclic) bond motifs is 1. The molecule has 1 aromatic rings. The van der Waals surface area contributed by atoms with E-state index in [1.165, 1.54) is 24.0 Å². The molecule has 1 aromatic carbocycles. The molecule has 0 unspecified atom stereocenters. The topological polar surface area (TPSA) is 43.1 Å². The smallest absolute Gasteiger partial charge is 0.250 e. The Morgan fingerprint density at radius 3 is 2.36 bits per heavy atom. The molecule has 1 aliphatic rings. The van der Waals surface area contributed by atoms with Crippen LogP contribution in [0.5, 0.6) is 0 Å². The third kappa shape index (κ3) is 1.62. The van der Waals surface area contributed by atoms with Gasteiger partial charge in [-0.2, -0.15) is 0 Å². The van der Waals surface area contributed by atoms with E-state index in [0.717, 1.165) is 12.8 Å². The minimum Gasteiger partial charge on any atom is -0.366 e. The van der Waals surface area contributed by atoms with E-state index in [9.17, 15) is 4.79 Å². The fourth-order valence-electron chi connectivity index (χ4n) is 1.94. The molecule has 0 spiro atoms. The molecule has 0 aliphatic heterocycles. The van der Waals surface area contributed by atoms with Crippen LogP contribution in [0.2, 0.25) is 5.02 Å². The first kappa shape index (κ1) is 9.53. The number of aryl methyl sites for hydroxylation is 2. The van der Waals surface area contributed by atoms with Gasteiger partial charge in [0.1, 0.15) is 0 Å². The lowest BCUT2D eigenvalue weighted by molar-refractivity contribution is 0.100. The summed E-state index contributed by atoms with van der Waals surface area (Å²) in [7, 11) is 0. The van der Waals surface area contributed by atoms with Crippen molar-refractivity contribution in [2.24, 2.45) is 5.73 Å². The van der Waals surface area contributed by atoms with Gasteiger partial charge in [-0.05, 0) is 48.9 Å². The van der Waals surface area contributed by atoms with Gasteiger partial charge >= 0.3 is 0 Å². The summed E-state index contributed by atoms with van der Waals surface area (Å²) in [6, 6.07) is 3.73. The zero-order valence-electron chi connectivity index (χ0n) is 7.85. The summed E-state index contributed by atoms with van der Waals surface area (Å²) in [5.74, 6) is -0.441. The summed E-state index contributed by atoms with van der Waals surface area (Å²) >= 11 is 5.96. The van der Waals surface area contributed by atoms with Gasteiger partial charge in [-0.3, -0.25) is 4.79 Å². The summed E-state index contributed by atoms with van der Waals surface area (Å²) in [6.45, 7) is 0. The highest BCUT2D eigenvalue weighted by atomic mass is 35.5. The lowest BCUT2D eigenvalue weighted by Crippen LogP contribution is -2.14. The second-order valence-corrected chi connectivity index (χ2v) is 4.08. The van der Waals surface area contributed by atoms with E-state index >= 15 is 0 Å². The number of carbonyl (C=O) groups excluding carboxylic acids is 1. The molecule has 14 heavy (non-hydrogen) atoms. The van der Waals surface area contributed by atoms with Crippen LogP contribution in [0.4, 0.5) is 0 Å². The van der Waals surface area contributed by atoms with Crippen LogP contribution in [0, 0.1) is 0 Å². The average Bonchev–Trinajstić information content (AvgIpc) is 2.16. The van der Waals surface area contributed by atoms with Crippen molar-refractivity contribution in [1.82, 2.24) is 0 Å². The van der Waals surface area contributed by atoms with E-state index in [0.29, 0.717) is 10.6 Å². The van der Waals surface area contributed by atoms with Crippen LogP contribution in [-0.2, 0) is 12.8 Å². The van der Waals surface area contributed by atoms with Gasteiger partial charge in [-0.25, -0.2) is 0 Å². The average molecular weight is 210 g/mol. The number of benzene rings is 1. The van der Waals surface area contributed by atoms with Gasteiger partial charge in [0.25, 0.3) is 0 Å². The molecule has 0 heterocycles. The first-order valence-electron chi connectivity index (χ1n) is 4.79. The summed E-state index contributed by atoms with van der Waals surface area (Å²) in [4.78, 5) is 11.0. The molecule has 1 aliphatic carbocycles. The van der Waals surface area contributed by atoms with Gasteiger partial charge < -0.3 is 5.73 Å². The van der Waals surface area contributed by atoms with Crippen molar-refractivity contribution in [3.8, 4) is 0 Å². The maximum atomic E-state index is 11.0. The lowest BCUT2D eigenvalue weighted by Gasteiger charge is -2.16. The van der Waals surface area contributed by atoms with E-state index in [1.807, 2.05) is 12.1 Å². The van der Waals surface area contributed by atoms with Crippen LogP contribution in [0.1, 0.15) is 34.3 Å². The Kier molecular flexibility index (Phi) is 2.46. The number of primary amides is 1. The Hall–Kier alpha value is -1.02. The van der Waals surface area contributed by atoms with Crippen LogP contribution in [-0.4, -0.2) is 5.91 Å². The molecule has 0 bridgehead atoms. The highest BCUT2D eigenvalue weighted by Crippen LogP contribution is 2.27. The number of hydrogen-bond acceptors (Lipinski definition) is 1. The highest BCUT2D eigenvalue weighted by molar-refractivity contribution is 6.33. The van der Waals surface area contributed by atoms with E-state index < -0.39 is 5.91 Å². The number of halogens is 1. The zero-order chi connectivity index (χ0) is 10.1. The highest BCUT2D eigenvalue weighted by Gasteiger charge is 2.14. The Bertz CT molecular complexity index is 387. The standard InChI is InChI=1S/C11H12ClNO/c12-10-6-8-4-2-1-3-7(8)5-9(10)11(13)14/h5-6H,1-4H2,(H2,13,14). The van der Waals surface area contributed by atoms with Gasteiger partial charge in [0, 0.05) is 0 Å². The van der Waals surface area contributed by atoms with Crippen LogP contribution < -0.4 is 5.73 Å². The van der Waals surface area contributed by atoms with E-state index in [-0.39, 0.29) is 0 Å². The minimum absolute atomic E-state index is 0.441. The van der Waals surface area contributed by atoms with Crippen LogP contribution in [0.3, 0.4) is 0 Å². The summed E-state index contributed by atoms with van der Waals surface area (Å²) in [6.07, 6.45) is 4.49. The second kappa shape index (κ2) is 3.62. The fraction of sp³-hybridized carbons (Fsp3) is 0.364. The number of hydrogen-bond donors (Lipinski definition) is 1. The Balaban J connectivity index is 2.50. The normalized spacial score (nSPS) is 14.9. The number of rotatable bonds is 1. The summed E-state index contributed by atoms with van der Waals surface area (Å²) < 4.78 is 0. The number of carbonyl (C=O) groups is 1. The minimum atomic E-state index is -0.441. The molecule has 0 saturated carbocycles. The van der Waals surface area contributed by atoms with Crippen molar-refractivity contribution in [2.45, 2.75) is 25.7 Å². The predicted octanol–water partition coefficient (Wildman–Crippen LogP) is 2.32. The fourth-order valence-corrected chi connectivity index (χ4v) is 2.22. The molecular weight excluding hydrogens is 198 g/mol. The van der Waals surface area contributed by atoms with Crippen LogP contribution in [0.25, 0.3) is 0 Å². The molecule has 74 valence electrons. The van der Waals surface area contributed by atoms with Crippen LogP contribution >= 0.6 is 11.6 Å². The first-order valence-corrected chi connectivity index (χ1v) is 5.17. The van der Waals surface area contributed by atoms with E-state index in [4.69, 9.17) is 17.3 Å². The van der Waals surface area contributed by atoms with Gasteiger partial charge in [-0.1, -0.05) is 11.6 Å². The van der Waals surface area contributed by atoms with Crippen molar-refractivity contribution in [3.63, 3.8) is 0 Å². The van der Waals surface area contributed by atoms with E-state index in [2.05, 4.69) is 0 Å². The van der Waals surface area contributed by atoms with Crippen molar-refractivity contribution in [3.05, 3.63) is 33.8 Å². The van der Waals surface area contributed by atoms with Crippen LogP contribution in [0.15, 0.2) is 12.1 Å². The van der Waals surface area contributed by atoms with Crippen molar-refractivity contribution < 1.29 is 4.79 Å². The van der Waals surface area contributed by atoms with Crippen molar-refractivity contribution in [1.29, 1.82) is 0 Å². The van der Waals surface area contributed by atoms with Gasteiger partial charge in [0.05, 0.1) is 10.6 Å². The molecule has 0 saturated heterocycles. The third-order valence-corrected chi connectivity index (χ3v) is 3.01. The van der Waals surface area contributed by atoms with Gasteiger partial charge in [0.15, 0.2) is 0 Å². The molecule has 1 amide bonds. The van der Waals surface area contributed by atoms with E-state index in [1.54, 1.807) is 0 Å². The maximum absolute atomic E-state index is 11.0. The zero-order valence-corrected chi connectivity index (χ0v) is 8.60. The molecular formula is C11H12ClNO. The number of nitrogens with two attached hydrogens (primary N) is 1. The third-order valence-electron chi connectivity index (χ3n) is 2.70. The SMILES string of the molecule is NC(=O)c1cc2c(cc1Cl)CCCC2. The lowest BCUT2D eigenvalue weighted by atomic mass is 9.90. The summed E-state index contributed by atoms with van der Waals surface area (Å²) in [5, 5.41) is 0.484. The molecule has 0 radical (unpaired) electrons. The van der Waals surface area contributed by atoms with Crippen molar-refractivity contribution in [2.75, 3.05) is 0 Å². The molecule has 0 aromatic heterocycles. The Morgan fingerprint density at radius 2 is 1.79 bits per heavy atom. The monoisotopic (exact) mass is 209 g/mol. The molecule has 3 heteroatoms. The maximum Gasteiger partial charge on any atom is 0.250 e. The molecule has 2 nitrogen and oxygen atoms in total. The first-order chi connectivity index (χ1) is 6.68. The summed E-state index contributed by atoms with van der Waals surface area (Å²) in [5.41, 5.74) is 8.18. The number of amides is 1. The second-order valence-electron chi connectivity index (χ2n) is 3.67. The van der Waals surface area contributed by atoms with Gasteiger partial charge in [0.2, 0.25) is 5.91 Å². The quantitative estimate of drug-likeness (QED) is 0.758. The molecule has 0 atom stereocenters. The molecule has 2 N–H and O–H groups in total. The molecule has 2 rings (SSSR count). The Labute approximate surface area is 88.1 Å². The largest absolute Gasteiger partial charge is 0.366 e. The predicted molar refractivity (Wildman–Crippen MR) is 56.6 cm³/mol.